The van der Waals surface area contributed by atoms with E-state index in [9.17, 15) is 9.90 Å². The van der Waals surface area contributed by atoms with E-state index in [1.165, 1.54) is 0 Å². The van der Waals surface area contributed by atoms with Crippen molar-refractivity contribution in [3.63, 3.8) is 0 Å². The largest absolute Gasteiger partial charge is 0.483 e. The Hall–Kier alpha value is -1.51. The van der Waals surface area contributed by atoms with Crippen LogP contribution in [-0.2, 0) is 4.79 Å². The molecular formula is C13H14BrNO3. The fourth-order valence-corrected chi connectivity index (χ4v) is 1.70. The van der Waals surface area contributed by atoms with Gasteiger partial charge < -0.3 is 15.2 Å². The number of aliphatic hydroxyl groups excluding tert-OH is 1. The quantitative estimate of drug-likeness (QED) is 0.813. The Morgan fingerprint density at radius 2 is 2.39 bits per heavy atom. The topological polar surface area (TPSA) is 58.6 Å². The van der Waals surface area contributed by atoms with Crippen LogP contribution < -0.4 is 10.1 Å². The van der Waals surface area contributed by atoms with Crippen LogP contribution in [0.1, 0.15) is 18.6 Å². The Morgan fingerprint density at radius 1 is 1.67 bits per heavy atom. The average molecular weight is 312 g/mol. The number of nitrogens with one attached hydrogen (secondary N) is 1. The first kappa shape index (κ1) is 14.6. The van der Waals surface area contributed by atoms with E-state index in [0.717, 1.165) is 4.47 Å². The van der Waals surface area contributed by atoms with Crippen LogP contribution in [0, 0.1) is 12.3 Å². The van der Waals surface area contributed by atoms with Crippen LogP contribution in [0.5, 0.6) is 5.75 Å². The Balaban J connectivity index is 2.67. The Bertz CT molecular complexity index is 466. The molecule has 0 aromatic heterocycles. The summed E-state index contributed by atoms with van der Waals surface area (Å²) in [5, 5.41) is 12.1. The summed E-state index contributed by atoms with van der Waals surface area (Å²) in [5.74, 6) is 2.48. The molecule has 0 fully saturated rings. The fourth-order valence-electron chi connectivity index (χ4n) is 1.32. The van der Waals surface area contributed by atoms with Gasteiger partial charge in [-0.1, -0.05) is 21.9 Å². The molecule has 1 atom stereocenters. The van der Waals surface area contributed by atoms with E-state index in [4.69, 9.17) is 11.2 Å². The maximum absolute atomic E-state index is 11.3. The predicted molar refractivity (Wildman–Crippen MR) is 72.1 cm³/mol. The lowest BCUT2D eigenvalue weighted by atomic mass is 10.1. The van der Waals surface area contributed by atoms with Crippen LogP contribution in [0.2, 0.25) is 0 Å². The van der Waals surface area contributed by atoms with Gasteiger partial charge >= 0.3 is 0 Å². The molecule has 4 nitrogen and oxygen atoms in total. The first-order valence-electron chi connectivity index (χ1n) is 5.35. The molecule has 18 heavy (non-hydrogen) atoms. The zero-order valence-corrected chi connectivity index (χ0v) is 11.5. The number of aliphatic hydroxyl groups is 1. The highest BCUT2D eigenvalue weighted by molar-refractivity contribution is 9.10. The predicted octanol–water partition coefficient (Wildman–Crippen LogP) is 1.63. The second-order valence-electron chi connectivity index (χ2n) is 3.63. The van der Waals surface area contributed by atoms with Crippen molar-refractivity contribution in [3.05, 3.63) is 28.2 Å². The van der Waals surface area contributed by atoms with Gasteiger partial charge in [0.1, 0.15) is 5.75 Å². The molecule has 0 bridgehead atoms. The van der Waals surface area contributed by atoms with Gasteiger partial charge in [-0.2, -0.15) is 0 Å². The van der Waals surface area contributed by atoms with Crippen LogP contribution in [0.15, 0.2) is 22.7 Å². The molecule has 0 unspecified atom stereocenters. The van der Waals surface area contributed by atoms with E-state index in [1.54, 1.807) is 25.1 Å². The molecule has 0 saturated heterocycles. The number of hydrogen-bond acceptors (Lipinski definition) is 3. The lowest BCUT2D eigenvalue weighted by Gasteiger charge is -2.13. The summed E-state index contributed by atoms with van der Waals surface area (Å²) in [6.45, 7) is 1.67. The van der Waals surface area contributed by atoms with E-state index < -0.39 is 6.10 Å². The minimum atomic E-state index is -0.675. The molecule has 0 spiro atoms. The minimum Gasteiger partial charge on any atom is -0.483 e. The zero-order valence-electron chi connectivity index (χ0n) is 9.94. The van der Waals surface area contributed by atoms with Crippen molar-refractivity contribution < 1.29 is 14.6 Å². The van der Waals surface area contributed by atoms with E-state index in [1.807, 2.05) is 0 Å². The third-order valence-electron chi connectivity index (χ3n) is 2.17. The maximum Gasteiger partial charge on any atom is 0.258 e. The molecule has 96 valence electrons. The number of carbonyl (C=O) groups is 1. The highest BCUT2D eigenvalue weighted by Crippen LogP contribution is 2.28. The van der Waals surface area contributed by atoms with Gasteiger partial charge in [0.15, 0.2) is 6.61 Å². The second kappa shape index (κ2) is 7.04. The van der Waals surface area contributed by atoms with E-state index in [0.29, 0.717) is 11.3 Å². The number of ether oxygens (including phenoxy) is 1. The van der Waals surface area contributed by atoms with Crippen LogP contribution >= 0.6 is 15.9 Å². The number of hydrogen-bond donors (Lipinski definition) is 2. The lowest BCUT2D eigenvalue weighted by Crippen LogP contribution is -2.29. The first-order valence-corrected chi connectivity index (χ1v) is 6.14. The van der Waals surface area contributed by atoms with Crippen LogP contribution in [0.25, 0.3) is 0 Å². The number of rotatable bonds is 5. The molecule has 0 aliphatic heterocycles. The number of amides is 1. The van der Waals surface area contributed by atoms with Crippen molar-refractivity contribution in [1.82, 2.24) is 5.32 Å². The molecule has 0 aliphatic carbocycles. The standard InChI is InChI=1S/C13H14BrNO3/c1-3-6-15-13(17)8-18-12-5-4-10(14)7-11(12)9(2)16/h1,4-5,7,9,16H,6,8H2,2H3,(H,15,17)/t9-/m1/s1. The first-order chi connectivity index (χ1) is 8.54. The number of benzene rings is 1. The van der Waals surface area contributed by atoms with Gasteiger partial charge in [-0.15, -0.1) is 6.42 Å². The minimum absolute atomic E-state index is 0.136. The smallest absolute Gasteiger partial charge is 0.258 e. The van der Waals surface area contributed by atoms with Crippen LogP contribution in [-0.4, -0.2) is 24.2 Å². The Labute approximate surface area is 114 Å². The molecule has 5 heteroatoms. The van der Waals surface area contributed by atoms with Crippen LogP contribution in [0.4, 0.5) is 0 Å². The van der Waals surface area contributed by atoms with Crippen molar-refractivity contribution >= 4 is 21.8 Å². The SMILES string of the molecule is C#CCNC(=O)COc1ccc(Br)cc1[C@@H](C)O. The molecule has 0 saturated carbocycles. The Morgan fingerprint density at radius 3 is 3.00 bits per heavy atom. The van der Waals surface area contributed by atoms with Crippen molar-refractivity contribution in [2.75, 3.05) is 13.2 Å². The molecule has 1 aromatic rings. The van der Waals surface area contributed by atoms with Gasteiger partial charge in [-0.3, -0.25) is 4.79 Å². The monoisotopic (exact) mass is 311 g/mol. The lowest BCUT2D eigenvalue weighted by molar-refractivity contribution is -0.122. The van der Waals surface area contributed by atoms with Crippen molar-refractivity contribution in [3.8, 4) is 18.1 Å². The summed E-state index contributed by atoms with van der Waals surface area (Å²) < 4.78 is 6.19. The van der Waals surface area contributed by atoms with Gasteiger partial charge in [-0.05, 0) is 25.1 Å². The van der Waals surface area contributed by atoms with Gasteiger partial charge in [0.05, 0.1) is 12.6 Å². The van der Waals surface area contributed by atoms with Gasteiger partial charge in [-0.25, -0.2) is 0 Å². The molecule has 1 rings (SSSR count). The molecular weight excluding hydrogens is 298 g/mol. The third kappa shape index (κ3) is 4.40. The molecule has 1 amide bonds. The van der Waals surface area contributed by atoms with E-state index >= 15 is 0 Å². The normalized spacial score (nSPS) is 11.4. The highest BCUT2D eigenvalue weighted by atomic mass is 79.9. The maximum atomic E-state index is 11.3. The summed E-state index contributed by atoms with van der Waals surface area (Å²) in [5.41, 5.74) is 0.620. The number of halogens is 1. The fraction of sp³-hybridized carbons (Fsp3) is 0.308. The van der Waals surface area contributed by atoms with E-state index in [2.05, 4.69) is 27.2 Å². The van der Waals surface area contributed by atoms with Crippen molar-refractivity contribution in [2.45, 2.75) is 13.0 Å². The number of terminal acetylenes is 1. The van der Waals surface area contributed by atoms with Crippen molar-refractivity contribution in [1.29, 1.82) is 0 Å². The average Bonchev–Trinajstić information content (AvgIpc) is 2.34. The summed E-state index contributed by atoms with van der Waals surface area (Å²) in [6, 6.07) is 5.22. The molecule has 0 aliphatic rings. The summed E-state index contributed by atoms with van der Waals surface area (Å²) in [4.78, 5) is 11.3. The molecule has 0 radical (unpaired) electrons. The Kier molecular flexibility index (Phi) is 5.69. The van der Waals surface area contributed by atoms with Crippen LogP contribution in [0.3, 0.4) is 0 Å². The van der Waals surface area contributed by atoms with E-state index in [-0.39, 0.29) is 19.1 Å². The van der Waals surface area contributed by atoms with Gasteiger partial charge in [0.2, 0.25) is 0 Å². The zero-order chi connectivity index (χ0) is 13.5. The highest BCUT2D eigenvalue weighted by Gasteiger charge is 2.11. The summed E-state index contributed by atoms with van der Waals surface area (Å²) in [6.07, 6.45) is 4.35. The third-order valence-corrected chi connectivity index (χ3v) is 2.66. The molecule has 0 heterocycles. The summed E-state index contributed by atoms with van der Waals surface area (Å²) in [7, 11) is 0. The molecule has 1 aromatic carbocycles. The van der Waals surface area contributed by atoms with Crippen molar-refractivity contribution in [2.24, 2.45) is 0 Å². The second-order valence-corrected chi connectivity index (χ2v) is 4.54. The van der Waals surface area contributed by atoms with Gasteiger partial charge in [0, 0.05) is 10.0 Å². The molecule has 2 N–H and O–H groups in total. The van der Waals surface area contributed by atoms with Gasteiger partial charge in [0.25, 0.3) is 5.91 Å². The summed E-state index contributed by atoms with van der Waals surface area (Å²) >= 11 is 3.31. The number of carbonyl (C=O) groups excluding carboxylic acids is 1.